The fourth-order valence-corrected chi connectivity index (χ4v) is 1.59. The van der Waals surface area contributed by atoms with Crippen molar-refractivity contribution >= 4 is 5.69 Å². The average Bonchev–Trinajstić information content (AvgIpc) is 2.28. The minimum atomic E-state index is -0.418. The van der Waals surface area contributed by atoms with E-state index in [9.17, 15) is 9.18 Å². The molecule has 17 heavy (non-hydrogen) atoms. The molecule has 0 amide bonds. The van der Waals surface area contributed by atoms with E-state index in [4.69, 9.17) is 5.73 Å². The molecular formula is C12H12FN3O. The molecule has 0 bridgehead atoms. The van der Waals surface area contributed by atoms with E-state index in [1.165, 1.54) is 22.9 Å². The molecule has 0 spiro atoms. The first-order valence-corrected chi connectivity index (χ1v) is 5.14. The summed E-state index contributed by atoms with van der Waals surface area (Å²) >= 11 is 0. The van der Waals surface area contributed by atoms with E-state index in [-0.39, 0.29) is 6.54 Å². The number of hydrogen-bond acceptors (Lipinski definition) is 3. The summed E-state index contributed by atoms with van der Waals surface area (Å²) in [5.41, 5.74) is 6.74. The SMILES string of the molecule is Cc1cnc(=O)n(Cc2c(N)cccc2F)c1. The monoisotopic (exact) mass is 233 g/mol. The highest BCUT2D eigenvalue weighted by Crippen LogP contribution is 2.16. The smallest absolute Gasteiger partial charge is 0.347 e. The lowest BCUT2D eigenvalue weighted by atomic mass is 10.1. The molecule has 2 N–H and O–H groups in total. The fraction of sp³-hybridized carbons (Fsp3) is 0.167. The molecule has 1 aromatic carbocycles. The van der Waals surface area contributed by atoms with E-state index in [1.54, 1.807) is 12.3 Å². The number of rotatable bonds is 2. The fourth-order valence-electron chi connectivity index (χ4n) is 1.59. The zero-order valence-corrected chi connectivity index (χ0v) is 9.35. The van der Waals surface area contributed by atoms with E-state index in [0.29, 0.717) is 11.3 Å². The maximum atomic E-state index is 13.6. The highest BCUT2D eigenvalue weighted by molar-refractivity contribution is 5.47. The third kappa shape index (κ3) is 2.33. The van der Waals surface area contributed by atoms with Crippen LogP contribution >= 0.6 is 0 Å². The van der Waals surface area contributed by atoms with Crippen molar-refractivity contribution in [1.82, 2.24) is 9.55 Å². The Labute approximate surface area is 97.5 Å². The van der Waals surface area contributed by atoms with Gasteiger partial charge >= 0.3 is 5.69 Å². The summed E-state index contributed by atoms with van der Waals surface area (Å²) in [6, 6.07) is 4.46. The Morgan fingerprint density at radius 1 is 1.47 bits per heavy atom. The first-order valence-electron chi connectivity index (χ1n) is 5.14. The summed E-state index contributed by atoms with van der Waals surface area (Å²) in [6.45, 7) is 1.90. The van der Waals surface area contributed by atoms with E-state index in [0.717, 1.165) is 5.56 Å². The molecule has 0 aliphatic rings. The molecule has 88 valence electrons. The number of benzene rings is 1. The van der Waals surface area contributed by atoms with Crippen LogP contribution in [0, 0.1) is 12.7 Å². The molecule has 2 rings (SSSR count). The van der Waals surface area contributed by atoms with Crippen molar-refractivity contribution in [2.24, 2.45) is 0 Å². The number of anilines is 1. The van der Waals surface area contributed by atoms with Crippen molar-refractivity contribution in [2.75, 3.05) is 5.73 Å². The van der Waals surface area contributed by atoms with E-state index in [2.05, 4.69) is 4.98 Å². The van der Waals surface area contributed by atoms with Crippen molar-refractivity contribution < 1.29 is 4.39 Å². The second kappa shape index (κ2) is 4.37. The minimum absolute atomic E-state index is 0.0893. The van der Waals surface area contributed by atoms with Gasteiger partial charge in [0.1, 0.15) is 5.82 Å². The first-order chi connectivity index (χ1) is 8.08. The third-order valence-electron chi connectivity index (χ3n) is 2.47. The molecule has 1 heterocycles. The number of nitrogens with zero attached hydrogens (tertiary/aromatic N) is 2. The number of aryl methyl sites for hydroxylation is 1. The van der Waals surface area contributed by atoms with Gasteiger partial charge in [-0.15, -0.1) is 0 Å². The maximum absolute atomic E-state index is 13.6. The lowest BCUT2D eigenvalue weighted by molar-refractivity contribution is 0.594. The van der Waals surface area contributed by atoms with Gasteiger partial charge in [-0.05, 0) is 24.6 Å². The van der Waals surface area contributed by atoms with Crippen molar-refractivity contribution in [3.8, 4) is 0 Å². The number of nitrogens with two attached hydrogens (primary N) is 1. The molecule has 0 fully saturated rings. The second-order valence-corrected chi connectivity index (χ2v) is 3.85. The van der Waals surface area contributed by atoms with E-state index >= 15 is 0 Å². The third-order valence-corrected chi connectivity index (χ3v) is 2.47. The van der Waals surface area contributed by atoms with Crippen LogP contribution < -0.4 is 11.4 Å². The molecule has 0 aliphatic carbocycles. The molecule has 0 atom stereocenters. The number of aromatic nitrogens is 2. The Morgan fingerprint density at radius 2 is 2.24 bits per heavy atom. The van der Waals surface area contributed by atoms with Gasteiger partial charge in [0, 0.05) is 23.6 Å². The van der Waals surface area contributed by atoms with Gasteiger partial charge in [-0.3, -0.25) is 4.57 Å². The van der Waals surface area contributed by atoms with Gasteiger partial charge in [-0.2, -0.15) is 0 Å². The Kier molecular flexibility index (Phi) is 2.91. The second-order valence-electron chi connectivity index (χ2n) is 3.85. The van der Waals surface area contributed by atoms with Gasteiger partial charge in [-0.25, -0.2) is 14.2 Å². The number of nitrogen functional groups attached to an aromatic ring is 1. The number of hydrogen-bond donors (Lipinski definition) is 1. The summed E-state index contributed by atoms with van der Waals surface area (Å²) in [5, 5.41) is 0. The van der Waals surface area contributed by atoms with Crippen LogP contribution in [0.3, 0.4) is 0 Å². The predicted molar refractivity (Wildman–Crippen MR) is 63.1 cm³/mol. The zero-order valence-electron chi connectivity index (χ0n) is 9.35. The van der Waals surface area contributed by atoms with Crippen LogP contribution in [-0.2, 0) is 6.54 Å². The van der Waals surface area contributed by atoms with Gasteiger partial charge in [0.25, 0.3) is 0 Å². The molecule has 2 aromatic rings. The van der Waals surface area contributed by atoms with Gasteiger partial charge in [0.15, 0.2) is 0 Å². The van der Waals surface area contributed by atoms with Gasteiger partial charge < -0.3 is 5.73 Å². The zero-order chi connectivity index (χ0) is 12.4. The summed E-state index contributed by atoms with van der Waals surface area (Å²) in [6.07, 6.45) is 3.10. The predicted octanol–water partition coefficient (Wildman–Crippen LogP) is 1.32. The molecule has 0 saturated heterocycles. The van der Waals surface area contributed by atoms with Crippen LogP contribution in [-0.4, -0.2) is 9.55 Å². The Hall–Kier alpha value is -2.17. The van der Waals surface area contributed by atoms with Crippen LogP contribution in [0.2, 0.25) is 0 Å². The highest BCUT2D eigenvalue weighted by atomic mass is 19.1. The summed E-state index contributed by atoms with van der Waals surface area (Å²) in [7, 11) is 0. The van der Waals surface area contributed by atoms with Crippen LogP contribution in [0.15, 0.2) is 35.4 Å². The Bertz CT molecular complexity index is 587. The summed E-state index contributed by atoms with van der Waals surface area (Å²) in [4.78, 5) is 15.2. The topological polar surface area (TPSA) is 60.9 Å². The summed E-state index contributed by atoms with van der Waals surface area (Å²) in [5.74, 6) is -0.418. The maximum Gasteiger partial charge on any atom is 0.347 e. The lowest BCUT2D eigenvalue weighted by Gasteiger charge is -2.09. The van der Waals surface area contributed by atoms with Crippen molar-refractivity contribution in [3.63, 3.8) is 0 Å². The highest BCUT2D eigenvalue weighted by Gasteiger charge is 2.08. The normalized spacial score (nSPS) is 10.5. The molecule has 4 nitrogen and oxygen atoms in total. The van der Waals surface area contributed by atoms with Crippen LogP contribution in [0.25, 0.3) is 0 Å². The quantitative estimate of drug-likeness (QED) is 0.796. The lowest BCUT2D eigenvalue weighted by Crippen LogP contribution is -2.23. The molecule has 1 aromatic heterocycles. The van der Waals surface area contributed by atoms with Gasteiger partial charge in [0.2, 0.25) is 0 Å². The van der Waals surface area contributed by atoms with Crippen molar-refractivity contribution in [2.45, 2.75) is 13.5 Å². The Balaban J connectivity index is 2.45. The average molecular weight is 233 g/mol. The van der Waals surface area contributed by atoms with Gasteiger partial charge in [0.05, 0.1) is 6.54 Å². The Morgan fingerprint density at radius 3 is 2.94 bits per heavy atom. The number of halogens is 1. The van der Waals surface area contributed by atoms with E-state index < -0.39 is 11.5 Å². The van der Waals surface area contributed by atoms with Gasteiger partial charge in [-0.1, -0.05) is 6.07 Å². The molecule has 0 radical (unpaired) electrons. The van der Waals surface area contributed by atoms with Crippen molar-refractivity contribution in [1.29, 1.82) is 0 Å². The van der Waals surface area contributed by atoms with Crippen LogP contribution in [0.5, 0.6) is 0 Å². The first kappa shape index (κ1) is 11.3. The minimum Gasteiger partial charge on any atom is -0.398 e. The molecule has 5 heteroatoms. The standard InChI is InChI=1S/C12H12FN3O/c1-8-5-15-12(17)16(6-8)7-9-10(13)3-2-4-11(9)14/h2-6H,7,14H2,1H3. The van der Waals surface area contributed by atoms with Crippen LogP contribution in [0.1, 0.15) is 11.1 Å². The molecular weight excluding hydrogens is 221 g/mol. The molecule has 0 saturated carbocycles. The largest absolute Gasteiger partial charge is 0.398 e. The molecule has 0 unspecified atom stereocenters. The van der Waals surface area contributed by atoms with Crippen molar-refractivity contribution in [3.05, 3.63) is 58.0 Å². The molecule has 0 aliphatic heterocycles. The van der Waals surface area contributed by atoms with Crippen LogP contribution in [0.4, 0.5) is 10.1 Å². The summed E-state index contributed by atoms with van der Waals surface area (Å²) < 4.78 is 14.9. The van der Waals surface area contributed by atoms with E-state index in [1.807, 2.05) is 6.92 Å².